The lowest BCUT2D eigenvalue weighted by molar-refractivity contribution is -0.124. The van der Waals surface area contributed by atoms with Gasteiger partial charge in [0, 0.05) is 12.5 Å². The van der Waals surface area contributed by atoms with Crippen molar-refractivity contribution in [2.24, 2.45) is 5.73 Å². The standard InChI is InChI=1S/C16H24N2O2/c1-11-5-4-6-14(12(11)2)20-10-9-16(3,15(17)19)18-13-7-8-13/h4-6,13,18H,7-10H2,1-3H3,(H2,17,19). The number of primary amides is 1. The van der Waals surface area contributed by atoms with Crippen molar-refractivity contribution in [1.82, 2.24) is 5.32 Å². The Bertz CT molecular complexity index is 497. The summed E-state index contributed by atoms with van der Waals surface area (Å²) in [5.74, 6) is 0.567. The van der Waals surface area contributed by atoms with Gasteiger partial charge in [-0.2, -0.15) is 0 Å². The Kier molecular flexibility index (Phi) is 4.33. The van der Waals surface area contributed by atoms with Gasteiger partial charge in [0.05, 0.1) is 12.1 Å². The molecule has 3 N–H and O–H groups in total. The topological polar surface area (TPSA) is 64.3 Å². The predicted molar refractivity (Wildman–Crippen MR) is 79.8 cm³/mol. The number of carbonyl (C=O) groups excluding carboxylic acids is 1. The zero-order valence-corrected chi connectivity index (χ0v) is 12.5. The number of hydrogen-bond acceptors (Lipinski definition) is 3. The van der Waals surface area contributed by atoms with Gasteiger partial charge in [-0.1, -0.05) is 12.1 Å². The molecule has 0 bridgehead atoms. The van der Waals surface area contributed by atoms with Gasteiger partial charge in [0.25, 0.3) is 0 Å². The SMILES string of the molecule is Cc1cccc(OCCC(C)(NC2CC2)C(N)=O)c1C. The zero-order valence-electron chi connectivity index (χ0n) is 12.5. The van der Waals surface area contributed by atoms with E-state index in [0.29, 0.717) is 19.1 Å². The van der Waals surface area contributed by atoms with Crippen LogP contribution in [0, 0.1) is 13.8 Å². The second-order valence-corrected chi connectivity index (χ2v) is 5.91. The van der Waals surface area contributed by atoms with Crippen LogP contribution in [0.4, 0.5) is 0 Å². The molecule has 0 saturated heterocycles. The summed E-state index contributed by atoms with van der Waals surface area (Å²) < 4.78 is 5.82. The van der Waals surface area contributed by atoms with Gasteiger partial charge in [0.2, 0.25) is 5.91 Å². The van der Waals surface area contributed by atoms with E-state index in [1.165, 1.54) is 5.56 Å². The summed E-state index contributed by atoms with van der Waals surface area (Å²) in [5, 5.41) is 3.32. The van der Waals surface area contributed by atoms with E-state index in [9.17, 15) is 4.79 Å². The Labute approximate surface area is 120 Å². The molecule has 1 saturated carbocycles. The fourth-order valence-corrected chi connectivity index (χ4v) is 2.19. The summed E-state index contributed by atoms with van der Waals surface area (Å²) in [6.07, 6.45) is 2.83. The third-order valence-electron chi connectivity index (χ3n) is 4.06. The molecule has 1 amide bonds. The monoisotopic (exact) mass is 276 g/mol. The molecule has 1 aliphatic rings. The lowest BCUT2D eigenvalue weighted by atomic mass is 9.97. The maximum Gasteiger partial charge on any atom is 0.237 e. The van der Waals surface area contributed by atoms with Gasteiger partial charge in [0.15, 0.2) is 0 Å². The molecular formula is C16H24N2O2. The molecule has 0 aromatic heterocycles. The molecule has 1 unspecified atom stereocenters. The lowest BCUT2D eigenvalue weighted by Crippen LogP contribution is -2.54. The third-order valence-corrected chi connectivity index (χ3v) is 4.06. The molecule has 20 heavy (non-hydrogen) atoms. The van der Waals surface area contributed by atoms with Gasteiger partial charge in [0.1, 0.15) is 5.75 Å². The molecule has 4 nitrogen and oxygen atoms in total. The van der Waals surface area contributed by atoms with Crippen LogP contribution in [0.25, 0.3) is 0 Å². The molecule has 1 aromatic carbocycles. The third kappa shape index (κ3) is 3.51. The number of nitrogens with two attached hydrogens (primary N) is 1. The fourth-order valence-electron chi connectivity index (χ4n) is 2.19. The summed E-state index contributed by atoms with van der Waals surface area (Å²) in [6.45, 7) is 6.44. The predicted octanol–water partition coefficient (Wildman–Crippen LogP) is 2.07. The molecule has 1 fully saturated rings. The molecule has 1 aliphatic carbocycles. The first kappa shape index (κ1) is 14.9. The van der Waals surface area contributed by atoms with Crippen molar-refractivity contribution >= 4 is 5.91 Å². The maximum absolute atomic E-state index is 11.7. The summed E-state index contributed by atoms with van der Waals surface area (Å²) in [5.41, 5.74) is 7.19. The second kappa shape index (κ2) is 5.83. The van der Waals surface area contributed by atoms with Crippen molar-refractivity contribution in [2.45, 2.75) is 51.6 Å². The van der Waals surface area contributed by atoms with E-state index >= 15 is 0 Å². The first-order valence-electron chi connectivity index (χ1n) is 7.19. The van der Waals surface area contributed by atoms with E-state index in [-0.39, 0.29) is 5.91 Å². The smallest absolute Gasteiger partial charge is 0.237 e. The number of nitrogens with one attached hydrogen (secondary N) is 1. The first-order chi connectivity index (χ1) is 9.42. The number of rotatable bonds is 7. The number of benzene rings is 1. The Morgan fingerprint density at radius 2 is 2.15 bits per heavy atom. The molecule has 110 valence electrons. The number of ether oxygens (including phenoxy) is 1. The van der Waals surface area contributed by atoms with E-state index in [1.807, 2.05) is 26.0 Å². The van der Waals surface area contributed by atoms with Gasteiger partial charge in [-0.15, -0.1) is 0 Å². The Balaban J connectivity index is 1.92. The van der Waals surface area contributed by atoms with Crippen molar-refractivity contribution in [2.75, 3.05) is 6.61 Å². The van der Waals surface area contributed by atoms with Crippen LogP contribution >= 0.6 is 0 Å². The van der Waals surface area contributed by atoms with Gasteiger partial charge in [-0.3, -0.25) is 4.79 Å². The summed E-state index contributed by atoms with van der Waals surface area (Å²) in [7, 11) is 0. The minimum atomic E-state index is -0.682. The van der Waals surface area contributed by atoms with E-state index in [0.717, 1.165) is 24.2 Å². The van der Waals surface area contributed by atoms with Crippen LogP contribution in [0.3, 0.4) is 0 Å². The zero-order chi connectivity index (χ0) is 14.8. The molecule has 4 heteroatoms. The van der Waals surface area contributed by atoms with Gasteiger partial charge in [-0.05, 0) is 50.8 Å². The van der Waals surface area contributed by atoms with Crippen molar-refractivity contribution < 1.29 is 9.53 Å². The Hall–Kier alpha value is -1.55. The minimum absolute atomic E-state index is 0.311. The number of hydrogen-bond donors (Lipinski definition) is 2. The molecule has 0 heterocycles. The Morgan fingerprint density at radius 1 is 1.45 bits per heavy atom. The highest BCUT2D eigenvalue weighted by molar-refractivity contribution is 5.84. The minimum Gasteiger partial charge on any atom is -0.493 e. The highest BCUT2D eigenvalue weighted by Crippen LogP contribution is 2.25. The molecule has 0 radical (unpaired) electrons. The van der Waals surface area contributed by atoms with Crippen LogP contribution in [-0.2, 0) is 4.79 Å². The van der Waals surface area contributed by atoms with Crippen LogP contribution in [0.1, 0.15) is 37.3 Å². The highest BCUT2D eigenvalue weighted by atomic mass is 16.5. The van der Waals surface area contributed by atoms with E-state index in [4.69, 9.17) is 10.5 Å². The first-order valence-corrected chi connectivity index (χ1v) is 7.19. The summed E-state index contributed by atoms with van der Waals surface area (Å²) in [6, 6.07) is 6.43. The number of carbonyl (C=O) groups is 1. The van der Waals surface area contributed by atoms with Crippen LogP contribution < -0.4 is 15.8 Å². The quantitative estimate of drug-likeness (QED) is 0.801. The number of aryl methyl sites for hydroxylation is 1. The summed E-state index contributed by atoms with van der Waals surface area (Å²) >= 11 is 0. The maximum atomic E-state index is 11.7. The molecule has 1 aromatic rings. The average molecular weight is 276 g/mol. The van der Waals surface area contributed by atoms with Crippen molar-refractivity contribution in [3.8, 4) is 5.75 Å². The van der Waals surface area contributed by atoms with Crippen molar-refractivity contribution in [1.29, 1.82) is 0 Å². The van der Waals surface area contributed by atoms with Crippen molar-refractivity contribution in [3.63, 3.8) is 0 Å². The molecular weight excluding hydrogens is 252 g/mol. The molecule has 1 atom stereocenters. The Morgan fingerprint density at radius 3 is 2.75 bits per heavy atom. The lowest BCUT2D eigenvalue weighted by Gasteiger charge is -2.27. The average Bonchev–Trinajstić information content (AvgIpc) is 3.18. The van der Waals surface area contributed by atoms with Gasteiger partial charge >= 0.3 is 0 Å². The van der Waals surface area contributed by atoms with E-state index in [2.05, 4.69) is 18.3 Å². The van der Waals surface area contributed by atoms with Crippen LogP contribution in [0.15, 0.2) is 18.2 Å². The summed E-state index contributed by atoms with van der Waals surface area (Å²) in [4.78, 5) is 11.7. The van der Waals surface area contributed by atoms with Crippen LogP contribution in [0.5, 0.6) is 5.75 Å². The van der Waals surface area contributed by atoms with E-state index in [1.54, 1.807) is 0 Å². The molecule has 0 spiro atoms. The second-order valence-electron chi connectivity index (χ2n) is 5.91. The molecule has 2 rings (SSSR count). The number of amides is 1. The van der Waals surface area contributed by atoms with Gasteiger partial charge in [-0.25, -0.2) is 0 Å². The largest absolute Gasteiger partial charge is 0.493 e. The van der Waals surface area contributed by atoms with Gasteiger partial charge < -0.3 is 15.8 Å². The van der Waals surface area contributed by atoms with Crippen LogP contribution in [0.2, 0.25) is 0 Å². The fraction of sp³-hybridized carbons (Fsp3) is 0.562. The van der Waals surface area contributed by atoms with Crippen LogP contribution in [-0.4, -0.2) is 24.1 Å². The van der Waals surface area contributed by atoms with Crippen molar-refractivity contribution in [3.05, 3.63) is 29.3 Å². The highest BCUT2D eigenvalue weighted by Gasteiger charge is 2.36. The molecule has 0 aliphatic heterocycles. The normalized spacial score (nSPS) is 17.6. The van der Waals surface area contributed by atoms with E-state index < -0.39 is 5.54 Å².